The number of ether oxygens (including phenoxy) is 9. The van der Waals surface area contributed by atoms with Gasteiger partial charge in [-0.1, -0.05) is 10.4 Å². The Morgan fingerprint density at radius 2 is 1.03 bits per heavy atom. The summed E-state index contributed by atoms with van der Waals surface area (Å²) in [5.41, 5.74) is 0.577. The first-order valence-corrected chi connectivity index (χ1v) is 19.1. The molecule has 4 fully saturated rings. The number of aromatic nitrogens is 6. The van der Waals surface area contributed by atoms with Gasteiger partial charge in [-0.15, -0.1) is 10.2 Å². The highest BCUT2D eigenvalue weighted by molar-refractivity contribution is 5.66. The van der Waals surface area contributed by atoms with E-state index in [9.17, 15) is 66.1 Å². The zero-order valence-electron chi connectivity index (χ0n) is 32.6. The van der Waals surface area contributed by atoms with E-state index in [-0.39, 0.29) is 25.5 Å². The zero-order chi connectivity index (χ0) is 44.3. The lowest BCUT2D eigenvalue weighted by atomic mass is 9.96. The molecule has 6 rings (SSSR count). The van der Waals surface area contributed by atoms with Crippen molar-refractivity contribution in [2.75, 3.05) is 19.8 Å². The molecule has 0 spiro atoms. The van der Waals surface area contributed by atoms with Crippen LogP contribution in [0.2, 0.25) is 0 Å². The fourth-order valence-corrected chi connectivity index (χ4v) is 7.16. The lowest BCUT2D eigenvalue weighted by Gasteiger charge is -2.48. The third-order valence-electron chi connectivity index (χ3n) is 10.4. The SMILES string of the molecule is CC(=O)OC1[C@@H](O[C@@H]2C(CO)O[C@H](O[C@@H]3C(CO)O[C@@H](OCc4cn(C[C@@H]5O[C@@H](OCc6cn(C)nn6)[C@H](O)[C@H](O)[C@H]5O)nn4)C(O)[C@H]3O)C(O)[C@H]2O)OC(CO)[C@@H](O)[C@@H]1O. The van der Waals surface area contributed by atoms with E-state index in [2.05, 4.69) is 20.6 Å². The van der Waals surface area contributed by atoms with Crippen molar-refractivity contribution in [1.29, 1.82) is 0 Å². The van der Waals surface area contributed by atoms with Gasteiger partial charge in [0.05, 0.1) is 52.0 Å². The average Bonchev–Trinajstić information content (AvgIpc) is 3.88. The third kappa shape index (κ3) is 10.7. The van der Waals surface area contributed by atoms with E-state index < -0.39 is 149 Å². The summed E-state index contributed by atoms with van der Waals surface area (Å²) in [6.45, 7) is -2.22. The Balaban J connectivity index is 1.03. The number of aliphatic hydroxyl groups is 12. The second-order valence-electron chi connectivity index (χ2n) is 14.8. The smallest absolute Gasteiger partial charge is 0.303 e. The molecule has 6 unspecified atom stereocenters. The van der Waals surface area contributed by atoms with E-state index in [1.807, 2.05) is 0 Å². The minimum Gasteiger partial charge on any atom is -0.454 e. The number of aryl methyl sites for hydroxylation is 1. The van der Waals surface area contributed by atoms with E-state index in [0.29, 0.717) is 5.69 Å². The van der Waals surface area contributed by atoms with Crippen molar-refractivity contribution < 1.29 is 109 Å². The van der Waals surface area contributed by atoms with Crippen LogP contribution in [0.15, 0.2) is 12.4 Å². The first-order chi connectivity index (χ1) is 29.0. The molecule has 0 aliphatic carbocycles. The topological polar surface area (TPSA) is 404 Å². The first kappa shape index (κ1) is 47.4. The lowest BCUT2D eigenvalue weighted by Crippen LogP contribution is -2.67. The number of nitrogens with zero attached hydrogens (tertiary/aromatic N) is 6. The minimum atomic E-state index is -2.02. The Kier molecular flexibility index (Phi) is 16.0. The number of hydrogen-bond donors (Lipinski definition) is 12. The molecule has 0 aromatic carbocycles. The molecule has 61 heavy (non-hydrogen) atoms. The highest BCUT2D eigenvalue weighted by atomic mass is 16.8. The summed E-state index contributed by atoms with van der Waals surface area (Å²) in [6, 6.07) is 0. The lowest BCUT2D eigenvalue weighted by molar-refractivity contribution is -0.380. The molecule has 0 amide bonds. The molecule has 2 aromatic heterocycles. The quantitative estimate of drug-likeness (QED) is 0.0696. The maximum absolute atomic E-state index is 11.7. The van der Waals surface area contributed by atoms with Crippen molar-refractivity contribution >= 4 is 5.97 Å². The molecule has 4 saturated heterocycles. The van der Waals surface area contributed by atoms with E-state index in [4.69, 9.17) is 42.6 Å². The molecule has 0 radical (unpaired) electrons. The van der Waals surface area contributed by atoms with Crippen LogP contribution >= 0.6 is 0 Å². The summed E-state index contributed by atoms with van der Waals surface area (Å²) in [5, 5.41) is 142. The largest absolute Gasteiger partial charge is 0.454 e. The van der Waals surface area contributed by atoms with Crippen molar-refractivity contribution in [2.24, 2.45) is 7.05 Å². The van der Waals surface area contributed by atoms with Gasteiger partial charge < -0.3 is 104 Å². The van der Waals surface area contributed by atoms with Crippen molar-refractivity contribution in [3.63, 3.8) is 0 Å². The predicted octanol–water partition coefficient (Wildman–Crippen LogP) is -9.03. The summed E-state index contributed by atoms with van der Waals surface area (Å²) >= 11 is 0. The fraction of sp³-hybridized carbons (Fsp3) is 0.848. The summed E-state index contributed by atoms with van der Waals surface area (Å²) in [5.74, 6) is -0.915. The van der Waals surface area contributed by atoms with Crippen molar-refractivity contribution in [3.8, 4) is 0 Å². The molecule has 0 bridgehead atoms. The van der Waals surface area contributed by atoms with E-state index in [1.54, 1.807) is 13.2 Å². The number of carbonyl (C=O) groups excluding carboxylic acids is 1. The van der Waals surface area contributed by atoms with Crippen LogP contribution in [0, 0.1) is 0 Å². The van der Waals surface area contributed by atoms with Gasteiger partial charge in [0.2, 0.25) is 0 Å². The van der Waals surface area contributed by atoms with Crippen LogP contribution in [0.3, 0.4) is 0 Å². The monoisotopic (exact) mass is 884 g/mol. The van der Waals surface area contributed by atoms with Gasteiger partial charge in [0.25, 0.3) is 0 Å². The Hall–Kier alpha value is -3.05. The molecule has 4 aliphatic rings. The number of aliphatic hydroxyl groups excluding tert-OH is 12. The zero-order valence-corrected chi connectivity index (χ0v) is 32.6. The van der Waals surface area contributed by atoms with Gasteiger partial charge in [-0.3, -0.25) is 9.48 Å². The molecule has 0 saturated carbocycles. The first-order valence-electron chi connectivity index (χ1n) is 19.1. The standard InChI is InChI=1S/C33H52N6O22/c1-11(43)55-29-21(47)19(45)15(6-40)57-33(29)61-28-17(8-42)59-32(26(52)23(28)49)60-27-16(7-41)58-31(25(51)22(27)48)54-10-13-4-39(37-35-13)5-14-18(44)20(46)24(50)30(56-14)53-9-12-3-38(2)36-34-12/h3-4,14-33,40-42,44-52H,5-10H2,1-2H3/t14-,15?,16?,17?,18-,19+,20+,21-,22+,23+,24+,25?,26?,27+,28+,29?,30+,31+,32+,33+/m0/s1. The van der Waals surface area contributed by atoms with E-state index in [1.165, 1.54) is 15.6 Å². The summed E-state index contributed by atoms with van der Waals surface area (Å²) in [7, 11) is 1.65. The molecular formula is C33H52N6O22. The summed E-state index contributed by atoms with van der Waals surface area (Å²) in [4.78, 5) is 11.7. The number of hydrogen-bond acceptors (Lipinski definition) is 26. The number of esters is 1. The number of carbonyl (C=O) groups is 1. The molecule has 28 heteroatoms. The third-order valence-corrected chi connectivity index (χ3v) is 10.4. The van der Waals surface area contributed by atoms with Gasteiger partial charge in [0.15, 0.2) is 31.3 Å². The van der Waals surface area contributed by atoms with Crippen LogP contribution in [-0.4, -0.2) is 240 Å². The van der Waals surface area contributed by atoms with Gasteiger partial charge >= 0.3 is 5.97 Å². The predicted molar refractivity (Wildman–Crippen MR) is 186 cm³/mol. The number of rotatable bonds is 16. The van der Waals surface area contributed by atoms with Gasteiger partial charge in [0, 0.05) is 14.0 Å². The van der Waals surface area contributed by atoms with Gasteiger partial charge in [0.1, 0.15) is 103 Å². The minimum absolute atomic E-state index is 0.116. The molecule has 6 heterocycles. The van der Waals surface area contributed by atoms with Crippen LogP contribution in [0.4, 0.5) is 0 Å². The Morgan fingerprint density at radius 3 is 1.59 bits per heavy atom. The highest BCUT2D eigenvalue weighted by Crippen LogP contribution is 2.33. The molecule has 346 valence electrons. The van der Waals surface area contributed by atoms with Gasteiger partial charge in [-0.2, -0.15) is 0 Å². The van der Waals surface area contributed by atoms with Crippen LogP contribution in [-0.2, 0) is 74.2 Å². The maximum Gasteiger partial charge on any atom is 0.303 e. The van der Waals surface area contributed by atoms with Crippen molar-refractivity contribution in [1.82, 2.24) is 30.0 Å². The Morgan fingerprint density at radius 1 is 0.574 bits per heavy atom. The maximum atomic E-state index is 11.7. The molecule has 28 nitrogen and oxygen atoms in total. The van der Waals surface area contributed by atoms with Crippen LogP contribution in [0.5, 0.6) is 0 Å². The van der Waals surface area contributed by atoms with Crippen molar-refractivity contribution in [2.45, 2.75) is 150 Å². The van der Waals surface area contributed by atoms with Gasteiger partial charge in [-0.05, 0) is 0 Å². The average molecular weight is 885 g/mol. The second kappa shape index (κ2) is 20.6. The normalized spacial score (nSPS) is 42.1. The van der Waals surface area contributed by atoms with Crippen LogP contribution in [0.25, 0.3) is 0 Å². The molecule has 20 atom stereocenters. The van der Waals surface area contributed by atoms with E-state index in [0.717, 1.165) is 6.92 Å². The highest BCUT2D eigenvalue weighted by Gasteiger charge is 2.54. The van der Waals surface area contributed by atoms with Crippen LogP contribution in [0.1, 0.15) is 18.3 Å². The molecular weight excluding hydrogens is 832 g/mol. The molecule has 12 N–H and O–H groups in total. The summed E-state index contributed by atoms with van der Waals surface area (Å²) in [6.07, 6.45) is -30.3. The van der Waals surface area contributed by atoms with Gasteiger partial charge in [-0.25, -0.2) is 4.68 Å². The summed E-state index contributed by atoms with van der Waals surface area (Å²) < 4.78 is 52.8. The second-order valence-corrected chi connectivity index (χ2v) is 14.8. The molecule has 2 aromatic rings. The van der Waals surface area contributed by atoms with Crippen molar-refractivity contribution in [3.05, 3.63) is 23.8 Å². The van der Waals surface area contributed by atoms with E-state index >= 15 is 0 Å². The Bertz CT molecular complexity index is 1690. The Labute approximate surface area is 344 Å². The molecule has 4 aliphatic heterocycles. The van der Waals surface area contributed by atoms with Crippen LogP contribution < -0.4 is 0 Å². The fourth-order valence-electron chi connectivity index (χ4n) is 7.16.